The van der Waals surface area contributed by atoms with Crippen molar-refractivity contribution in [3.63, 3.8) is 0 Å². The van der Waals surface area contributed by atoms with Gasteiger partial charge in [-0.3, -0.25) is 0 Å². The molecule has 10 heteroatoms. The van der Waals surface area contributed by atoms with Crippen molar-refractivity contribution >= 4 is 11.6 Å². The van der Waals surface area contributed by atoms with Gasteiger partial charge in [0.1, 0.15) is 11.9 Å². The van der Waals surface area contributed by atoms with Gasteiger partial charge in [-0.15, -0.1) is 0 Å². The van der Waals surface area contributed by atoms with Gasteiger partial charge in [-0.1, -0.05) is 56.7 Å². The van der Waals surface area contributed by atoms with Crippen LogP contribution >= 0.6 is 11.6 Å². The van der Waals surface area contributed by atoms with Gasteiger partial charge in [-0.05, 0) is 113 Å². The number of alkyl halides is 6. The van der Waals surface area contributed by atoms with Crippen LogP contribution in [0.5, 0.6) is 5.75 Å². The molecule has 0 amide bonds. The molecule has 4 rings (SSSR count). The van der Waals surface area contributed by atoms with E-state index in [0.717, 1.165) is 69.2 Å². The number of aliphatic hydroxyl groups is 1. The number of nitrogens with zero attached hydrogens (tertiary/aromatic N) is 1. The van der Waals surface area contributed by atoms with Crippen molar-refractivity contribution in [2.24, 2.45) is 23.2 Å². The highest BCUT2D eigenvalue weighted by Crippen LogP contribution is 2.66. The van der Waals surface area contributed by atoms with Gasteiger partial charge in [0.25, 0.3) is 0 Å². The van der Waals surface area contributed by atoms with Crippen LogP contribution in [0.4, 0.5) is 26.3 Å². The number of unbranched alkanes of at least 4 members (excludes halogenated alkanes) is 6. The van der Waals surface area contributed by atoms with E-state index in [2.05, 4.69) is 11.8 Å². The van der Waals surface area contributed by atoms with Crippen LogP contribution in [-0.2, 0) is 6.42 Å². The molecule has 0 spiro atoms. The van der Waals surface area contributed by atoms with Crippen molar-refractivity contribution in [2.75, 3.05) is 20.1 Å². The van der Waals surface area contributed by atoms with Gasteiger partial charge in [-0.25, -0.2) is 4.39 Å². The fourth-order valence-electron chi connectivity index (χ4n) is 8.79. The molecule has 44 heavy (non-hydrogen) atoms. The highest BCUT2D eigenvalue weighted by Gasteiger charge is 2.64. The Labute approximate surface area is 263 Å². The van der Waals surface area contributed by atoms with E-state index in [9.17, 15) is 32.2 Å². The molecule has 252 valence electrons. The molecule has 0 radical (unpaired) electrons. The van der Waals surface area contributed by atoms with E-state index in [1.54, 1.807) is 6.07 Å². The third-order valence-electron chi connectivity index (χ3n) is 11.6. The number of benzene rings is 1. The zero-order valence-electron chi connectivity index (χ0n) is 26.3. The Morgan fingerprint density at radius 2 is 1.57 bits per heavy atom. The lowest BCUT2D eigenvalue weighted by Gasteiger charge is -2.56. The highest BCUT2D eigenvalue weighted by atomic mass is 35.5. The third-order valence-corrected chi connectivity index (χ3v) is 12.0. The predicted octanol–water partition coefficient (Wildman–Crippen LogP) is 9.86. The van der Waals surface area contributed by atoms with Crippen LogP contribution in [0.3, 0.4) is 0 Å². The molecular formula is C34H50ClF6NO2. The van der Waals surface area contributed by atoms with Crippen LogP contribution < -0.4 is 0 Å². The van der Waals surface area contributed by atoms with Gasteiger partial charge in [0, 0.05) is 17.8 Å². The lowest BCUT2D eigenvalue weighted by Crippen LogP contribution is -2.55. The first-order valence-electron chi connectivity index (χ1n) is 16.5. The van der Waals surface area contributed by atoms with Crippen molar-refractivity contribution in [1.82, 2.24) is 4.90 Å². The Morgan fingerprint density at radius 1 is 0.955 bits per heavy atom. The van der Waals surface area contributed by atoms with E-state index in [1.165, 1.54) is 0 Å². The Morgan fingerprint density at radius 3 is 2.23 bits per heavy atom. The fourth-order valence-corrected chi connectivity index (χ4v) is 9.04. The summed E-state index contributed by atoms with van der Waals surface area (Å²) in [6, 6.07) is 3.44. The van der Waals surface area contributed by atoms with Crippen LogP contribution in [0.25, 0.3) is 0 Å². The van der Waals surface area contributed by atoms with Crippen LogP contribution in [0.2, 0.25) is 5.02 Å². The minimum absolute atomic E-state index is 0.0357. The first kappa shape index (κ1) is 35.7. The zero-order valence-corrected chi connectivity index (χ0v) is 27.1. The fraction of sp³-hybridized carbons (Fsp3) is 0.824. The molecule has 2 saturated carbocycles. The maximum atomic E-state index is 16.1. The normalized spacial score (nSPS) is 32.0. The van der Waals surface area contributed by atoms with E-state index in [-0.39, 0.29) is 35.8 Å². The van der Waals surface area contributed by atoms with Gasteiger partial charge < -0.3 is 15.1 Å². The first-order valence-corrected chi connectivity index (χ1v) is 16.9. The van der Waals surface area contributed by atoms with E-state index in [0.29, 0.717) is 37.1 Å². The SMILES string of the molecule is CN(CCCCCCCC(F)(F)C(F)(F)F)CCCCCC1Cc2c(ccc(O)c2Cl)[C@@H]2C1[C@@H]1CC[C@@](C)(O)[C@@]1(C)C[C@@H]2F. The lowest BCUT2D eigenvalue weighted by molar-refractivity contribution is -0.284. The third kappa shape index (κ3) is 7.35. The molecule has 1 aromatic carbocycles. The van der Waals surface area contributed by atoms with E-state index < -0.39 is 35.7 Å². The van der Waals surface area contributed by atoms with Crippen molar-refractivity contribution in [3.05, 3.63) is 28.3 Å². The number of halogens is 7. The summed E-state index contributed by atoms with van der Waals surface area (Å²) < 4.78 is 78.9. The molecule has 0 aromatic heterocycles. The maximum Gasteiger partial charge on any atom is 0.453 e. The molecule has 2 fully saturated rings. The number of aromatic hydroxyl groups is 1. The summed E-state index contributed by atoms with van der Waals surface area (Å²) in [4.78, 5) is 2.23. The number of phenols is 1. The Balaban J connectivity index is 1.24. The van der Waals surface area contributed by atoms with Gasteiger partial charge in [0.2, 0.25) is 0 Å². The largest absolute Gasteiger partial charge is 0.506 e. The summed E-state index contributed by atoms with van der Waals surface area (Å²) in [7, 11) is 2.04. The molecule has 7 atom stereocenters. The van der Waals surface area contributed by atoms with Gasteiger partial charge in [-0.2, -0.15) is 22.0 Å². The van der Waals surface area contributed by atoms with Crippen molar-refractivity contribution in [3.8, 4) is 5.75 Å². The first-order chi connectivity index (χ1) is 20.5. The molecule has 3 aliphatic rings. The standard InChI is InChI=1S/C34H50ClF6NO2/c1-31-21-26(36)29-23-13-14-27(43)30(35)24(23)20-22(28(29)25(31)15-17-32(31,2)44)12-8-7-11-19-42(3)18-10-6-4-5-9-16-33(37,38)34(39,40)41/h13-14,22,25-26,28-29,43-44H,4-12,15-21H2,1-3H3/t22?,25-,26-,28?,29-,31-,32+/m0/s1. The van der Waals surface area contributed by atoms with E-state index in [4.69, 9.17) is 11.6 Å². The average molecular weight is 654 g/mol. The summed E-state index contributed by atoms with van der Waals surface area (Å²) in [5.74, 6) is -4.27. The second kappa shape index (κ2) is 13.9. The maximum absolute atomic E-state index is 16.1. The Bertz CT molecular complexity index is 1110. The quantitative estimate of drug-likeness (QED) is 0.155. The average Bonchev–Trinajstić information content (AvgIpc) is 3.17. The number of phenolic OH excluding ortho intramolecular Hbond substituents is 1. The number of hydrogen-bond acceptors (Lipinski definition) is 3. The molecule has 1 aromatic rings. The van der Waals surface area contributed by atoms with Crippen molar-refractivity contribution < 1.29 is 36.6 Å². The topological polar surface area (TPSA) is 43.7 Å². The van der Waals surface area contributed by atoms with Crippen LogP contribution in [-0.4, -0.2) is 59.1 Å². The molecule has 3 nitrogen and oxygen atoms in total. The predicted molar refractivity (Wildman–Crippen MR) is 162 cm³/mol. The lowest BCUT2D eigenvalue weighted by atomic mass is 9.50. The monoisotopic (exact) mass is 653 g/mol. The second-order valence-electron chi connectivity index (χ2n) is 14.5. The minimum Gasteiger partial charge on any atom is -0.506 e. The van der Waals surface area contributed by atoms with Crippen molar-refractivity contribution in [2.45, 2.75) is 134 Å². The minimum atomic E-state index is -5.47. The second-order valence-corrected chi connectivity index (χ2v) is 14.8. The molecular weight excluding hydrogens is 604 g/mol. The van der Waals surface area contributed by atoms with Gasteiger partial charge in [0.05, 0.1) is 10.6 Å². The molecule has 0 bridgehead atoms. The van der Waals surface area contributed by atoms with Crippen LogP contribution in [0.15, 0.2) is 12.1 Å². The summed E-state index contributed by atoms with van der Waals surface area (Å²) in [6.45, 7) is 5.71. The zero-order chi connectivity index (χ0) is 32.5. The van der Waals surface area contributed by atoms with E-state index >= 15 is 4.39 Å². The number of fused-ring (bicyclic) bond motifs is 5. The van der Waals surface area contributed by atoms with Crippen molar-refractivity contribution in [1.29, 1.82) is 0 Å². The van der Waals surface area contributed by atoms with Gasteiger partial charge in [0.15, 0.2) is 0 Å². The molecule has 2 N–H and O–H groups in total. The number of rotatable bonds is 14. The smallest absolute Gasteiger partial charge is 0.453 e. The summed E-state index contributed by atoms with van der Waals surface area (Å²) in [6.07, 6.45) is 1.42. The van der Waals surface area contributed by atoms with Gasteiger partial charge >= 0.3 is 12.1 Å². The Hall–Kier alpha value is -1.19. The summed E-state index contributed by atoms with van der Waals surface area (Å²) in [5.41, 5.74) is 0.441. The van der Waals surface area contributed by atoms with E-state index in [1.807, 2.05) is 20.0 Å². The molecule has 0 aliphatic heterocycles. The molecule has 0 saturated heterocycles. The molecule has 3 aliphatic carbocycles. The summed E-state index contributed by atoms with van der Waals surface area (Å²) in [5, 5.41) is 22.0. The number of hydrogen-bond donors (Lipinski definition) is 2. The van der Waals surface area contributed by atoms with Crippen LogP contribution in [0.1, 0.15) is 114 Å². The Kier molecular flexibility index (Phi) is 11.3. The molecule has 2 unspecified atom stereocenters. The molecule has 0 heterocycles. The summed E-state index contributed by atoms with van der Waals surface area (Å²) >= 11 is 6.58. The highest BCUT2D eigenvalue weighted by molar-refractivity contribution is 6.32. The van der Waals surface area contributed by atoms with Crippen LogP contribution in [0, 0.1) is 23.2 Å².